The molecule has 0 aliphatic rings. The molecule has 3 nitrogen and oxygen atoms in total. The minimum Gasteiger partial charge on any atom is -0.389 e. The zero-order valence-corrected chi connectivity index (χ0v) is 10.1. The quantitative estimate of drug-likeness (QED) is 0.912. The Labute approximate surface area is 103 Å². The highest BCUT2D eigenvalue weighted by molar-refractivity contribution is 7.05. The highest BCUT2D eigenvalue weighted by Crippen LogP contribution is 2.12. The fraction of sp³-hybridized carbons (Fsp3) is 0.273. The smallest absolute Gasteiger partial charge is 0.143 e. The lowest BCUT2D eigenvalue weighted by molar-refractivity contribution is 0.281. The van der Waals surface area contributed by atoms with Crippen molar-refractivity contribution in [1.82, 2.24) is 9.36 Å². The molecular weight excluding hydrogens is 244 g/mol. The fourth-order valence-corrected chi connectivity index (χ4v) is 2.04. The molecule has 2 rings (SSSR count). The Bertz CT molecular complexity index is 455. The van der Waals surface area contributed by atoms with Gasteiger partial charge in [0.05, 0.1) is 6.61 Å². The molecule has 5 heteroatoms. The van der Waals surface area contributed by atoms with Crippen LogP contribution in [0.2, 0.25) is 5.02 Å². The van der Waals surface area contributed by atoms with E-state index in [1.165, 1.54) is 17.1 Å². The van der Waals surface area contributed by atoms with E-state index in [-0.39, 0.29) is 6.61 Å². The maximum atomic E-state index is 8.86. The molecule has 16 heavy (non-hydrogen) atoms. The second-order valence-electron chi connectivity index (χ2n) is 3.39. The van der Waals surface area contributed by atoms with Gasteiger partial charge in [-0.3, -0.25) is 0 Å². The van der Waals surface area contributed by atoms with Crippen LogP contribution in [0.1, 0.15) is 16.4 Å². The molecule has 0 atom stereocenters. The first kappa shape index (κ1) is 11.5. The number of aryl methyl sites for hydroxylation is 2. The summed E-state index contributed by atoms with van der Waals surface area (Å²) in [7, 11) is 0. The number of halogens is 1. The molecule has 0 unspecified atom stereocenters. The summed E-state index contributed by atoms with van der Waals surface area (Å²) in [6.45, 7) is -0.0292. The van der Waals surface area contributed by atoms with Gasteiger partial charge >= 0.3 is 0 Å². The molecule has 1 heterocycles. The second-order valence-corrected chi connectivity index (χ2v) is 4.66. The fourth-order valence-electron chi connectivity index (χ4n) is 1.36. The molecule has 1 aromatic carbocycles. The van der Waals surface area contributed by atoms with E-state index in [4.69, 9.17) is 16.7 Å². The Balaban J connectivity index is 1.94. The van der Waals surface area contributed by atoms with E-state index in [0.29, 0.717) is 5.01 Å². The molecule has 2 aromatic rings. The first-order chi connectivity index (χ1) is 7.78. The van der Waals surface area contributed by atoms with Crippen molar-refractivity contribution in [2.45, 2.75) is 19.4 Å². The average Bonchev–Trinajstić information content (AvgIpc) is 2.76. The van der Waals surface area contributed by atoms with Crippen molar-refractivity contribution >= 4 is 23.1 Å². The summed E-state index contributed by atoms with van der Waals surface area (Å²) in [5, 5.41) is 10.3. The van der Waals surface area contributed by atoms with Crippen molar-refractivity contribution in [1.29, 1.82) is 0 Å². The number of aliphatic hydroxyl groups is 1. The largest absolute Gasteiger partial charge is 0.389 e. The van der Waals surface area contributed by atoms with Gasteiger partial charge in [-0.2, -0.15) is 4.37 Å². The van der Waals surface area contributed by atoms with Crippen LogP contribution in [0.15, 0.2) is 24.3 Å². The first-order valence-electron chi connectivity index (χ1n) is 4.94. The van der Waals surface area contributed by atoms with Gasteiger partial charge in [-0.05, 0) is 35.6 Å². The molecule has 0 bridgehead atoms. The van der Waals surface area contributed by atoms with Gasteiger partial charge < -0.3 is 5.11 Å². The van der Waals surface area contributed by atoms with Crippen LogP contribution >= 0.6 is 23.1 Å². The van der Waals surface area contributed by atoms with Gasteiger partial charge in [0.15, 0.2) is 0 Å². The third kappa shape index (κ3) is 3.01. The summed E-state index contributed by atoms with van der Waals surface area (Å²) in [4.78, 5) is 4.19. The minimum absolute atomic E-state index is 0.0292. The maximum absolute atomic E-state index is 8.86. The molecule has 0 aliphatic carbocycles. The third-order valence-electron chi connectivity index (χ3n) is 2.20. The summed E-state index contributed by atoms with van der Waals surface area (Å²) < 4.78 is 4.16. The summed E-state index contributed by atoms with van der Waals surface area (Å²) in [6.07, 6.45) is 1.68. The Hall–Kier alpha value is -0.970. The van der Waals surface area contributed by atoms with Crippen LogP contribution in [0.3, 0.4) is 0 Å². The Kier molecular flexibility index (Phi) is 3.88. The van der Waals surface area contributed by atoms with Crippen molar-refractivity contribution in [3.63, 3.8) is 0 Å². The maximum Gasteiger partial charge on any atom is 0.143 e. The topological polar surface area (TPSA) is 46.0 Å². The summed E-state index contributed by atoms with van der Waals surface area (Å²) in [6, 6.07) is 7.76. The number of rotatable bonds is 4. The van der Waals surface area contributed by atoms with E-state index in [1.54, 1.807) is 0 Å². The zero-order chi connectivity index (χ0) is 11.4. The monoisotopic (exact) mass is 254 g/mol. The molecule has 0 saturated heterocycles. The van der Waals surface area contributed by atoms with Crippen LogP contribution < -0.4 is 0 Å². The molecule has 0 saturated carbocycles. The lowest BCUT2D eigenvalue weighted by Gasteiger charge is -1.98. The van der Waals surface area contributed by atoms with Gasteiger partial charge in [-0.25, -0.2) is 4.98 Å². The van der Waals surface area contributed by atoms with Crippen LogP contribution in [-0.2, 0) is 19.4 Å². The van der Waals surface area contributed by atoms with Gasteiger partial charge in [0.2, 0.25) is 0 Å². The van der Waals surface area contributed by atoms with Crippen LogP contribution in [-0.4, -0.2) is 14.5 Å². The van der Waals surface area contributed by atoms with E-state index >= 15 is 0 Å². The van der Waals surface area contributed by atoms with Crippen molar-refractivity contribution in [2.75, 3.05) is 0 Å². The molecule has 0 fully saturated rings. The zero-order valence-electron chi connectivity index (χ0n) is 8.56. The van der Waals surface area contributed by atoms with Gasteiger partial charge in [0, 0.05) is 11.4 Å². The van der Waals surface area contributed by atoms with Crippen molar-refractivity contribution < 1.29 is 5.11 Å². The van der Waals surface area contributed by atoms with E-state index < -0.39 is 0 Å². The Morgan fingerprint density at radius 2 is 1.94 bits per heavy atom. The van der Waals surface area contributed by atoms with Crippen LogP contribution in [0.25, 0.3) is 0 Å². The van der Waals surface area contributed by atoms with Crippen LogP contribution in [0, 0.1) is 0 Å². The molecule has 0 amide bonds. The number of benzene rings is 1. The molecule has 1 N–H and O–H groups in total. The number of aromatic nitrogens is 2. The number of hydrogen-bond acceptors (Lipinski definition) is 4. The van der Waals surface area contributed by atoms with Gasteiger partial charge in [0.1, 0.15) is 10.8 Å². The van der Waals surface area contributed by atoms with Crippen LogP contribution in [0.4, 0.5) is 0 Å². The highest BCUT2D eigenvalue weighted by atomic mass is 35.5. The highest BCUT2D eigenvalue weighted by Gasteiger charge is 2.03. The summed E-state index contributed by atoms with van der Waals surface area (Å²) in [5.74, 6) is 0.795. The summed E-state index contributed by atoms with van der Waals surface area (Å²) >= 11 is 7.06. The molecule has 84 valence electrons. The van der Waals surface area contributed by atoms with Gasteiger partial charge in [-0.15, -0.1) is 0 Å². The van der Waals surface area contributed by atoms with Crippen LogP contribution in [0.5, 0.6) is 0 Å². The second kappa shape index (κ2) is 5.39. The standard InChI is InChI=1S/C11H11ClN2OS/c12-9-4-1-8(2-5-9)3-6-10-13-11(7-15)16-14-10/h1-2,4-5,15H,3,6-7H2. The van der Waals surface area contributed by atoms with E-state index in [9.17, 15) is 0 Å². The number of hydrogen-bond donors (Lipinski definition) is 1. The molecule has 0 aliphatic heterocycles. The van der Waals surface area contributed by atoms with E-state index in [2.05, 4.69) is 9.36 Å². The molecule has 0 radical (unpaired) electrons. The Morgan fingerprint density at radius 3 is 2.56 bits per heavy atom. The SMILES string of the molecule is OCc1nc(CCc2ccc(Cl)cc2)ns1. The normalized spacial score (nSPS) is 10.6. The van der Waals surface area contributed by atoms with Crippen molar-refractivity contribution in [3.8, 4) is 0 Å². The third-order valence-corrected chi connectivity index (χ3v) is 3.18. The predicted molar refractivity (Wildman–Crippen MR) is 64.7 cm³/mol. The molecule has 1 aromatic heterocycles. The first-order valence-corrected chi connectivity index (χ1v) is 6.10. The minimum atomic E-state index is -0.0292. The van der Waals surface area contributed by atoms with Gasteiger partial charge in [-0.1, -0.05) is 23.7 Å². The molecule has 0 spiro atoms. The number of aliphatic hydroxyl groups excluding tert-OH is 1. The van der Waals surface area contributed by atoms with Crippen molar-refractivity contribution in [2.24, 2.45) is 0 Å². The van der Waals surface area contributed by atoms with Crippen molar-refractivity contribution in [3.05, 3.63) is 45.7 Å². The van der Waals surface area contributed by atoms with E-state index in [1.807, 2.05) is 24.3 Å². The average molecular weight is 255 g/mol. The number of nitrogens with zero attached hydrogens (tertiary/aromatic N) is 2. The Morgan fingerprint density at radius 1 is 1.19 bits per heavy atom. The molecular formula is C11H11ClN2OS. The summed E-state index contributed by atoms with van der Waals surface area (Å²) in [5.41, 5.74) is 1.21. The lowest BCUT2D eigenvalue weighted by atomic mass is 10.1. The van der Waals surface area contributed by atoms with E-state index in [0.717, 1.165) is 23.7 Å². The lowest BCUT2D eigenvalue weighted by Crippen LogP contribution is -1.93. The van der Waals surface area contributed by atoms with Gasteiger partial charge in [0.25, 0.3) is 0 Å². The predicted octanol–water partition coefficient (Wildman–Crippen LogP) is 2.47.